The lowest BCUT2D eigenvalue weighted by atomic mass is 10.2. The van der Waals surface area contributed by atoms with Crippen LogP contribution in [0.2, 0.25) is 0 Å². The number of rotatable bonds is 3. The molecule has 0 bridgehead atoms. The van der Waals surface area contributed by atoms with Gasteiger partial charge < -0.3 is 15.4 Å². The van der Waals surface area contributed by atoms with E-state index in [-0.39, 0.29) is 22.0 Å². The van der Waals surface area contributed by atoms with Crippen molar-refractivity contribution >= 4 is 28.4 Å². The van der Waals surface area contributed by atoms with Gasteiger partial charge in [0.15, 0.2) is 0 Å². The summed E-state index contributed by atoms with van der Waals surface area (Å²) < 4.78 is 3.83. The predicted octanol–water partition coefficient (Wildman–Crippen LogP) is -0.221. The summed E-state index contributed by atoms with van der Waals surface area (Å²) in [6.07, 6.45) is 0. The van der Waals surface area contributed by atoms with E-state index in [2.05, 4.69) is 14.7 Å². The lowest BCUT2D eigenvalue weighted by molar-refractivity contribution is 0.0697. The maximum atomic E-state index is 11.9. The number of hydrogen-bond acceptors (Lipinski definition) is 6. The molecule has 0 aliphatic carbocycles. The number of carbonyl (C=O) groups is 2. The Labute approximate surface area is 114 Å². The van der Waals surface area contributed by atoms with Crippen molar-refractivity contribution in [3.63, 3.8) is 0 Å². The number of H-pyrrole nitrogens is 2. The number of aryl methyl sites for hydroxylation is 1. The molecule has 4 N–H and O–H groups in total. The number of aromatic amines is 2. The summed E-state index contributed by atoms with van der Waals surface area (Å²) in [5, 5.41) is 11.3. The number of carbonyl (C=O) groups excluding carboxylic acids is 1. The lowest BCUT2D eigenvalue weighted by Crippen LogP contribution is -2.27. The van der Waals surface area contributed by atoms with Crippen molar-refractivity contribution in [1.29, 1.82) is 0 Å². The third-order valence-corrected chi connectivity index (χ3v) is 3.16. The van der Waals surface area contributed by atoms with E-state index in [1.54, 1.807) is 0 Å². The van der Waals surface area contributed by atoms with Crippen LogP contribution in [0.1, 0.15) is 26.5 Å². The quantitative estimate of drug-likeness (QED) is 0.616. The van der Waals surface area contributed by atoms with Crippen LogP contribution in [0.25, 0.3) is 0 Å². The van der Waals surface area contributed by atoms with E-state index in [9.17, 15) is 19.2 Å². The molecule has 20 heavy (non-hydrogen) atoms. The van der Waals surface area contributed by atoms with E-state index >= 15 is 0 Å². The summed E-state index contributed by atoms with van der Waals surface area (Å²) in [7, 11) is 0. The molecule has 2 aromatic rings. The van der Waals surface area contributed by atoms with Crippen molar-refractivity contribution in [2.45, 2.75) is 6.92 Å². The molecule has 9 nitrogen and oxygen atoms in total. The van der Waals surface area contributed by atoms with Gasteiger partial charge in [-0.05, 0) is 18.5 Å². The first-order valence-corrected chi connectivity index (χ1v) is 6.00. The van der Waals surface area contributed by atoms with Crippen molar-refractivity contribution in [2.75, 3.05) is 5.32 Å². The summed E-state index contributed by atoms with van der Waals surface area (Å²) in [6, 6.07) is 0.894. The second-order valence-corrected chi connectivity index (χ2v) is 4.51. The molecular formula is C10H8N4O5S. The van der Waals surface area contributed by atoms with Crippen molar-refractivity contribution in [3.8, 4) is 0 Å². The minimum absolute atomic E-state index is 0.0288. The number of carboxylic acid groups (broad SMARTS) is 1. The molecule has 0 aliphatic rings. The first kappa shape index (κ1) is 13.7. The minimum atomic E-state index is -1.23. The minimum Gasteiger partial charge on any atom is -0.478 e. The van der Waals surface area contributed by atoms with E-state index in [4.69, 9.17) is 5.11 Å². The number of anilines is 1. The van der Waals surface area contributed by atoms with Gasteiger partial charge in [-0.3, -0.25) is 14.6 Å². The van der Waals surface area contributed by atoms with Crippen LogP contribution in [0.15, 0.2) is 15.7 Å². The molecule has 0 aromatic carbocycles. The Bertz CT molecular complexity index is 774. The average molecular weight is 296 g/mol. The van der Waals surface area contributed by atoms with Gasteiger partial charge in [0.2, 0.25) is 0 Å². The van der Waals surface area contributed by atoms with Gasteiger partial charge in [0.25, 0.3) is 11.5 Å². The number of nitrogens with zero attached hydrogens (tertiary/aromatic N) is 1. The van der Waals surface area contributed by atoms with Crippen LogP contribution < -0.4 is 16.6 Å². The van der Waals surface area contributed by atoms with Crippen LogP contribution in [0.5, 0.6) is 0 Å². The SMILES string of the molecule is Cc1nsc(NC(=O)c2cc(=O)[nH]c(=O)[nH]2)c1C(=O)O. The fourth-order valence-corrected chi connectivity index (χ4v) is 2.25. The van der Waals surface area contributed by atoms with Crippen LogP contribution in [0, 0.1) is 6.92 Å². The smallest absolute Gasteiger partial charge is 0.340 e. The Morgan fingerprint density at radius 3 is 2.65 bits per heavy atom. The van der Waals surface area contributed by atoms with Crippen LogP contribution >= 0.6 is 11.5 Å². The Morgan fingerprint density at radius 1 is 1.35 bits per heavy atom. The van der Waals surface area contributed by atoms with Gasteiger partial charge in [0.1, 0.15) is 16.3 Å². The Morgan fingerprint density at radius 2 is 2.05 bits per heavy atom. The molecule has 0 radical (unpaired) electrons. The number of hydrogen-bond donors (Lipinski definition) is 4. The van der Waals surface area contributed by atoms with E-state index in [0.29, 0.717) is 0 Å². The Kier molecular flexibility index (Phi) is 3.48. The zero-order chi connectivity index (χ0) is 14.9. The topological polar surface area (TPSA) is 145 Å². The van der Waals surface area contributed by atoms with Gasteiger partial charge >= 0.3 is 11.7 Å². The average Bonchev–Trinajstić information content (AvgIpc) is 2.69. The van der Waals surface area contributed by atoms with E-state index in [0.717, 1.165) is 17.6 Å². The molecule has 10 heteroatoms. The largest absolute Gasteiger partial charge is 0.478 e. The normalized spacial score (nSPS) is 10.2. The second kappa shape index (κ2) is 5.09. The standard InChI is InChI=1S/C10H8N4O5S/c1-3-6(9(17)18)8(20-14-3)13-7(16)4-2-5(15)12-10(19)11-4/h2H,1H3,(H,13,16)(H,17,18)(H2,11,12,15,19). The number of amides is 1. The van der Waals surface area contributed by atoms with Crippen LogP contribution in [0.3, 0.4) is 0 Å². The first-order chi connectivity index (χ1) is 9.38. The molecule has 0 spiro atoms. The number of carboxylic acids is 1. The maximum Gasteiger partial charge on any atom is 0.340 e. The zero-order valence-corrected chi connectivity index (χ0v) is 10.8. The summed E-state index contributed by atoms with van der Waals surface area (Å²) in [6.45, 7) is 1.49. The molecule has 0 aliphatic heterocycles. The van der Waals surface area contributed by atoms with Crippen LogP contribution in [-0.4, -0.2) is 31.3 Å². The van der Waals surface area contributed by atoms with Crippen LogP contribution in [-0.2, 0) is 0 Å². The van der Waals surface area contributed by atoms with Gasteiger partial charge in [-0.25, -0.2) is 9.59 Å². The second-order valence-electron chi connectivity index (χ2n) is 3.73. The molecule has 2 aromatic heterocycles. The third kappa shape index (κ3) is 2.64. The van der Waals surface area contributed by atoms with Crippen molar-refractivity contribution < 1.29 is 14.7 Å². The van der Waals surface area contributed by atoms with Crippen molar-refractivity contribution in [2.24, 2.45) is 0 Å². The molecule has 0 atom stereocenters. The molecule has 1 amide bonds. The maximum absolute atomic E-state index is 11.9. The van der Waals surface area contributed by atoms with Crippen LogP contribution in [0.4, 0.5) is 5.00 Å². The molecule has 0 fully saturated rings. The highest BCUT2D eigenvalue weighted by Gasteiger charge is 2.20. The highest BCUT2D eigenvalue weighted by atomic mass is 32.1. The third-order valence-electron chi connectivity index (χ3n) is 2.31. The molecule has 104 valence electrons. The molecule has 0 saturated carbocycles. The molecule has 2 heterocycles. The van der Waals surface area contributed by atoms with Crippen molar-refractivity contribution in [3.05, 3.63) is 43.9 Å². The zero-order valence-electron chi connectivity index (χ0n) is 10.0. The number of aromatic nitrogens is 3. The molecular weight excluding hydrogens is 288 g/mol. The van der Waals surface area contributed by atoms with E-state index in [1.807, 2.05) is 4.98 Å². The summed E-state index contributed by atoms with van der Waals surface area (Å²) in [4.78, 5) is 49.1. The molecule has 2 rings (SSSR count). The fraction of sp³-hybridized carbons (Fsp3) is 0.100. The van der Waals surface area contributed by atoms with Crippen molar-refractivity contribution in [1.82, 2.24) is 14.3 Å². The predicted molar refractivity (Wildman–Crippen MR) is 69.4 cm³/mol. The van der Waals surface area contributed by atoms with Gasteiger partial charge in [-0.1, -0.05) is 0 Å². The molecule has 0 unspecified atom stereocenters. The monoisotopic (exact) mass is 296 g/mol. The molecule has 0 saturated heterocycles. The number of aromatic carboxylic acids is 1. The highest BCUT2D eigenvalue weighted by Crippen LogP contribution is 2.24. The van der Waals surface area contributed by atoms with Gasteiger partial charge in [-0.2, -0.15) is 4.37 Å². The summed E-state index contributed by atoms with van der Waals surface area (Å²) in [5.74, 6) is -2.04. The summed E-state index contributed by atoms with van der Waals surface area (Å²) in [5.41, 5.74) is -1.71. The number of nitrogens with one attached hydrogen (secondary N) is 3. The lowest BCUT2D eigenvalue weighted by Gasteiger charge is -2.03. The van der Waals surface area contributed by atoms with Gasteiger partial charge in [-0.15, -0.1) is 0 Å². The highest BCUT2D eigenvalue weighted by molar-refractivity contribution is 7.11. The van der Waals surface area contributed by atoms with Gasteiger partial charge in [0, 0.05) is 6.07 Å². The summed E-state index contributed by atoms with van der Waals surface area (Å²) >= 11 is 0.795. The Balaban J connectivity index is 2.35. The fourth-order valence-electron chi connectivity index (χ4n) is 1.47. The Hall–Kier alpha value is -2.75. The first-order valence-electron chi connectivity index (χ1n) is 5.23. The van der Waals surface area contributed by atoms with E-state index in [1.165, 1.54) is 6.92 Å². The van der Waals surface area contributed by atoms with Gasteiger partial charge in [0.05, 0.1) is 5.69 Å². The van der Waals surface area contributed by atoms with E-state index < -0.39 is 23.1 Å².